The predicted molar refractivity (Wildman–Crippen MR) is 111 cm³/mol. The molecule has 0 aliphatic carbocycles. The Kier molecular flexibility index (Phi) is 8.44. The Morgan fingerprint density at radius 3 is 2.27 bits per heavy atom. The molecule has 0 unspecified atom stereocenters. The molecule has 2 aromatic rings. The maximum absolute atomic E-state index is 13.3. The number of guanidine groups is 1. The zero-order chi connectivity index (χ0) is 18.4. The summed E-state index contributed by atoms with van der Waals surface area (Å²) in [6, 6.07) is 11.3. The van der Waals surface area contributed by atoms with Gasteiger partial charge in [-0.2, -0.15) is 0 Å². The average molecular weight is 492 g/mol. The van der Waals surface area contributed by atoms with E-state index >= 15 is 0 Å². The summed E-state index contributed by atoms with van der Waals surface area (Å²) in [6.07, 6.45) is 0. The maximum atomic E-state index is 13.3. The van der Waals surface area contributed by atoms with E-state index in [0.717, 1.165) is 11.1 Å². The maximum Gasteiger partial charge on any atom is 0.238 e. The molecule has 0 heterocycles. The first kappa shape index (κ1) is 22.3. The van der Waals surface area contributed by atoms with Crippen LogP contribution in [0.25, 0.3) is 0 Å². The summed E-state index contributed by atoms with van der Waals surface area (Å²) >= 11 is 0. The van der Waals surface area contributed by atoms with Crippen LogP contribution in [0.4, 0.5) is 4.39 Å². The molecule has 9 heteroatoms. The first-order valence-corrected chi connectivity index (χ1v) is 9.15. The number of nitrogens with zero attached hydrogens (tertiary/aromatic N) is 1. The van der Waals surface area contributed by atoms with Gasteiger partial charge < -0.3 is 10.6 Å². The zero-order valence-corrected chi connectivity index (χ0v) is 17.6. The van der Waals surface area contributed by atoms with Crippen LogP contribution in [0.5, 0.6) is 0 Å². The highest BCUT2D eigenvalue weighted by Gasteiger charge is 2.08. The molecule has 0 aromatic heterocycles. The fourth-order valence-electron chi connectivity index (χ4n) is 2.24. The number of nitrogens with two attached hydrogens (primary N) is 1. The number of hydrogen-bond donors (Lipinski definition) is 3. The first-order valence-electron chi connectivity index (χ1n) is 7.61. The molecule has 0 radical (unpaired) electrons. The lowest BCUT2D eigenvalue weighted by Crippen LogP contribution is -2.36. The van der Waals surface area contributed by atoms with Crippen molar-refractivity contribution in [2.45, 2.75) is 24.9 Å². The van der Waals surface area contributed by atoms with Crippen molar-refractivity contribution in [3.63, 3.8) is 0 Å². The summed E-state index contributed by atoms with van der Waals surface area (Å²) in [5.41, 5.74) is 2.27. The molecule has 0 aliphatic rings. The highest BCUT2D eigenvalue weighted by Crippen LogP contribution is 2.10. The van der Waals surface area contributed by atoms with Crippen LogP contribution in [-0.4, -0.2) is 21.4 Å². The minimum absolute atomic E-state index is 0. The average Bonchev–Trinajstić information content (AvgIpc) is 2.57. The Hall–Kier alpha value is -1.72. The lowest BCUT2D eigenvalue weighted by Gasteiger charge is -2.13. The quantitative estimate of drug-likeness (QED) is 0.339. The molecule has 0 spiro atoms. The number of primary sulfonamides is 1. The monoisotopic (exact) mass is 492 g/mol. The molecule has 4 N–H and O–H groups in total. The van der Waals surface area contributed by atoms with E-state index in [1.54, 1.807) is 38.2 Å². The highest BCUT2D eigenvalue weighted by molar-refractivity contribution is 14.0. The second-order valence-electron chi connectivity index (χ2n) is 5.56. The Balaban J connectivity index is 0.00000338. The molecule has 0 atom stereocenters. The van der Waals surface area contributed by atoms with E-state index in [2.05, 4.69) is 15.6 Å². The Morgan fingerprint density at radius 1 is 1.12 bits per heavy atom. The molecule has 142 valence electrons. The Bertz CT molecular complexity index is 888. The number of rotatable bonds is 5. The van der Waals surface area contributed by atoms with Gasteiger partial charge in [0, 0.05) is 20.1 Å². The molecule has 2 rings (SSSR count). The number of sulfonamides is 1. The van der Waals surface area contributed by atoms with Gasteiger partial charge in [0.2, 0.25) is 10.0 Å². The third-order valence-corrected chi connectivity index (χ3v) is 4.50. The number of hydrogen-bond acceptors (Lipinski definition) is 3. The topological polar surface area (TPSA) is 96.6 Å². The highest BCUT2D eigenvalue weighted by atomic mass is 127. The summed E-state index contributed by atoms with van der Waals surface area (Å²) in [6.45, 7) is 2.58. The molecule has 6 nitrogen and oxygen atoms in total. The summed E-state index contributed by atoms with van der Waals surface area (Å²) in [4.78, 5) is 4.17. The van der Waals surface area contributed by atoms with Gasteiger partial charge in [0.1, 0.15) is 5.82 Å². The molecule has 26 heavy (non-hydrogen) atoms. The standard InChI is InChI=1S/C17H21FN4O2S.HI/c1-12-8-14(6-7-16(12)18)11-22-17(20-2)21-10-13-4-3-5-15(9-13)25(19,23)24;/h3-9H,10-11H2,1-2H3,(H2,19,23,24)(H2,20,21,22);1H. The van der Waals surface area contributed by atoms with Crippen molar-refractivity contribution >= 4 is 40.0 Å². The van der Waals surface area contributed by atoms with Gasteiger partial charge in [-0.25, -0.2) is 17.9 Å². The molecule has 0 saturated carbocycles. The van der Waals surface area contributed by atoms with Crippen LogP contribution in [0.3, 0.4) is 0 Å². The molecule has 0 fully saturated rings. The largest absolute Gasteiger partial charge is 0.352 e. The number of halogens is 2. The smallest absolute Gasteiger partial charge is 0.238 e. The fourth-order valence-corrected chi connectivity index (χ4v) is 2.83. The van der Waals surface area contributed by atoms with E-state index in [4.69, 9.17) is 5.14 Å². The van der Waals surface area contributed by atoms with Crippen molar-refractivity contribution in [2.24, 2.45) is 10.1 Å². The summed E-state index contributed by atoms with van der Waals surface area (Å²) in [5.74, 6) is 0.309. The Morgan fingerprint density at radius 2 is 1.73 bits per heavy atom. The lowest BCUT2D eigenvalue weighted by atomic mass is 10.1. The van der Waals surface area contributed by atoms with Crippen LogP contribution in [-0.2, 0) is 23.1 Å². The molecular weight excluding hydrogens is 470 g/mol. The molecule has 0 saturated heterocycles. The van der Waals surface area contributed by atoms with Gasteiger partial charge in [-0.1, -0.05) is 24.3 Å². The van der Waals surface area contributed by atoms with Gasteiger partial charge in [0.25, 0.3) is 0 Å². The van der Waals surface area contributed by atoms with Crippen LogP contribution in [0, 0.1) is 12.7 Å². The van der Waals surface area contributed by atoms with Gasteiger partial charge in [-0.15, -0.1) is 24.0 Å². The van der Waals surface area contributed by atoms with Crippen LogP contribution in [0.1, 0.15) is 16.7 Å². The minimum atomic E-state index is -3.73. The van der Waals surface area contributed by atoms with E-state index in [1.807, 2.05) is 0 Å². The second kappa shape index (κ2) is 9.83. The number of benzene rings is 2. The molecular formula is C17H22FIN4O2S. The van der Waals surface area contributed by atoms with Crippen LogP contribution < -0.4 is 15.8 Å². The van der Waals surface area contributed by atoms with E-state index < -0.39 is 10.0 Å². The van der Waals surface area contributed by atoms with Gasteiger partial charge in [0.05, 0.1) is 4.90 Å². The molecule has 0 amide bonds. The van der Waals surface area contributed by atoms with Crippen LogP contribution in [0.15, 0.2) is 52.4 Å². The van der Waals surface area contributed by atoms with Crippen LogP contribution >= 0.6 is 24.0 Å². The molecule has 0 bridgehead atoms. The van der Waals surface area contributed by atoms with Gasteiger partial charge >= 0.3 is 0 Å². The SMILES string of the molecule is CN=C(NCc1cccc(S(N)(=O)=O)c1)NCc1ccc(F)c(C)c1.I. The molecule has 2 aromatic carbocycles. The lowest BCUT2D eigenvalue weighted by molar-refractivity contribution is 0.597. The van der Waals surface area contributed by atoms with Crippen LogP contribution in [0.2, 0.25) is 0 Å². The first-order chi connectivity index (χ1) is 11.8. The zero-order valence-electron chi connectivity index (χ0n) is 14.5. The number of nitrogens with one attached hydrogen (secondary N) is 2. The van der Waals surface area contributed by atoms with Crippen molar-refractivity contribution in [3.05, 3.63) is 65.0 Å². The number of aryl methyl sites for hydroxylation is 1. The predicted octanol–water partition coefficient (Wildman–Crippen LogP) is 2.26. The van der Waals surface area contributed by atoms with E-state index in [0.29, 0.717) is 24.6 Å². The number of aliphatic imine (C=N–C) groups is 1. The van der Waals surface area contributed by atoms with E-state index in [1.165, 1.54) is 18.2 Å². The Labute approximate surface area is 170 Å². The van der Waals surface area contributed by atoms with Crippen molar-refractivity contribution in [3.8, 4) is 0 Å². The second-order valence-corrected chi connectivity index (χ2v) is 7.12. The summed E-state index contributed by atoms with van der Waals surface area (Å²) in [7, 11) is -2.10. The van der Waals surface area contributed by atoms with Gasteiger partial charge in [0.15, 0.2) is 5.96 Å². The summed E-state index contributed by atoms with van der Waals surface area (Å²) in [5, 5.41) is 11.3. The van der Waals surface area contributed by atoms with Crippen molar-refractivity contribution in [1.29, 1.82) is 0 Å². The minimum Gasteiger partial charge on any atom is -0.352 e. The van der Waals surface area contributed by atoms with Crippen molar-refractivity contribution < 1.29 is 12.8 Å². The normalized spacial score (nSPS) is 11.6. The van der Waals surface area contributed by atoms with Crippen molar-refractivity contribution in [1.82, 2.24) is 10.6 Å². The molecule has 0 aliphatic heterocycles. The van der Waals surface area contributed by atoms with E-state index in [-0.39, 0.29) is 34.7 Å². The third-order valence-electron chi connectivity index (χ3n) is 3.59. The third kappa shape index (κ3) is 6.54. The van der Waals surface area contributed by atoms with E-state index in [9.17, 15) is 12.8 Å². The fraction of sp³-hybridized carbons (Fsp3) is 0.235. The van der Waals surface area contributed by atoms with Crippen molar-refractivity contribution in [2.75, 3.05) is 7.05 Å². The van der Waals surface area contributed by atoms with Gasteiger partial charge in [-0.3, -0.25) is 4.99 Å². The summed E-state index contributed by atoms with van der Waals surface area (Å²) < 4.78 is 36.1. The van der Waals surface area contributed by atoms with Gasteiger partial charge in [-0.05, 0) is 41.8 Å².